The zero-order valence-corrected chi connectivity index (χ0v) is 10.4. The number of hydrogen-bond donors (Lipinski definition) is 1. The molecule has 0 radical (unpaired) electrons. The van der Waals surface area contributed by atoms with Gasteiger partial charge in [-0.2, -0.15) is 20.1 Å². The van der Waals surface area contributed by atoms with E-state index in [1.54, 1.807) is 23.1 Å². The summed E-state index contributed by atoms with van der Waals surface area (Å²) >= 11 is 0. The number of rotatable bonds is 2. The lowest BCUT2D eigenvalue weighted by atomic mass is 10.1. The van der Waals surface area contributed by atoms with Gasteiger partial charge in [0.15, 0.2) is 5.82 Å². The number of nitrogen functional groups attached to an aromatic ring is 1. The van der Waals surface area contributed by atoms with Gasteiger partial charge >= 0.3 is 0 Å². The van der Waals surface area contributed by atoms with Crippen LogP contribution in [0.25, 0.3) is 17.3 Å². The summed E-state index contributed by atoms with van der Waals surface area (Å²) in [5.41, 5.74) is 7.78. The van der Waals surface area contributed by atoms with E-state index in [1.807, 2.05) is 31.2 Å². The molecule has 3 rings (SSSR count). The second kappa shape index (κ2) is 4.49. The molecular formula is C13H12N6. The summed E-state index contributed by atoms with van der Waals surface area (Å²) in [5.74, 6) is 1.13. The smallest absolute Gasteiger partial charge is 0.255 e. The molecule has 3 aromatic rings. The molecular weight excluding hydrogens is 240 g/mol. The zero-order chi connectivity index (χ0) is 13.2. The first-order chi connectivity index (χ1) is 9.22. The minimum atomic E-state index is 0.178. The van der Waals surface area contributed by atoms with E-state index in [0.717, 1.165) is 11.1 Å². The van der Waals surface area contributed by atoms with Crippen LogP contribution in [-0.4, -0.2) is 24.7 Å². The number of aryl methyl sites for hydroxylation is 1. The number of hydrogen-bond acceptors (Lipinski definition) is 5. The maximum absolute atomic E-state index is 5.74. The van der Waals surface area contributed by atoms with Crippen LogP contribution in [0.15, 0.2) is 42.7 Å². The maximum Gasteiger partial charge on any atom is 0.255 e. The normalized spacial score (nSPS) is 10.6. The standard InChI is InChI=1S/C13H12N6/c1-9-4-2-5-10(8-9)11-16-12(14)18-13(17-11)19-7-3-6-15-19/h2-8H,1H3,(H2,14,16,17,18). The summed E-state index contributed by atoms with van der Waals surface area (Å²) < 4.78 is 1.55. The molecule has 6 nitrogen and oxygen atoms in total. The first-order valence-corrected chi connectivity index (χ1v) is 5.81. The topological polar surface area (TPSA) is 82.5 Å². The molecule has 0 bridgehead atoms. The van der Waals surface area contributed by atoms with Crippen LogP contribution >= 0.6 is 0 Å². The summed E-state index contributed by atoms with van der Waals surface area (Å²) in [7, 11) is 0. The highest BCUT2D eigenvalue weighted by Gasteiger charge is 2.08. The summed E-state index contributed by atoms with van der Waals surface area (Å²) in [5, 5.41) is 4.09. The lowest BCUT2D eigenvalue weighted by molar-refractivity contribution is 0.801. The average Bonchev–Trinajstić information content (AvgIpc) is 2.92. The van der Waals surface area contributed by atoms with Crippen LogP contribution in [0.3, 0.4) is 0 Å². The van der Waals surface area contributed by atoms with Gasteiger partial charge in [0, 0.05) is 18.0 Å². The number of aromatic nitrogens is 5. The SMILES string of the molecule is Cc1cccc(-c2nc(N)nc(-n3cccn3)n2)c1. The third kappa shape index (κ3) is 2.28. The van der Waals surface area contributed by atoms with E-state index < -0.39 is 0 Å². The van der Waals surface area contributed by atoms with Crippen molar-refractivity contribution >= 4 is 5.95 Å². The highest BCUT2D eigenvalue weighted by molar-refractivity contribution is 5.57. The maximum atomic E-state index is 5.74. The van der Waals surface area contributed by atoms with Crippen molar-refractivity contribution in [1.29, 1.82) is 0 Å². The van der Waals surface area contributed by atoms with Crippen molar-refractivity contribution in [2.45, 2.75) is 6.92 Å². The molecule has 0 aliphatic heterocycles. The Hall–Kier alpha value is -2.76. The molecule has 0 amide bonds. The Balaban J connectivity index is 2.12. The van der Waals surface area contributed by atoms with E-state index in [9.17, 15) is 0 Å². The molecule has 0 spiro atoms. The van der Waals surface area contributed by atoms with Gasteiger partial charge in [0.25, 0.3) is 5.95 Å². The van der Waals surface area contributed by atoms with E-state index in [-0.39, 0.29) is 5.95 Å². The van der Waals surface area contributed by atoms with Gasteiger partial charge < -0.3 is 5.73 Å². The predicted molar refractivity (Wildman–Crippen MR) is 71.5 cm³/mol. The molecule has 1 aromatic carbocycles. The van der Waals surface area contributed by atoms with Crippen molar-refractivity contribution in [2.24, 2.45) is 0 Å². The van der Waals surface area contributed by atoms with E-state index in [2.05, 4.69) is 20.1 Å². The van der Waals surface area contributed by atoms with Gasteiger partial charge in [0.2, 0.25) is 5.95 Å². The Bertz CT molecular complexity index is 705. The minimum absolute atomic E-state index is 0.178. The van der Waals surface area contributed by atoms with Crippen LogP contribution in [0.5, 0.6) is 0 Å². The highest BCUT2D eigenvalue weighted by Crippen LogP contribution is 2.17. The van der Waals surface area contributed by atoms with Crippen LogP contribution in [0.4, 0.5) is 5.95 Å². The molecule has 0 aliphatic rings. The summed E-state index contributed by atoms with van der Waals surface area (Å²) in [6.45, 7) is 2.02. The van der Waals surface area contributed by atoms with Gasteiger partial charge in [-0.3, -0.25) is 0 Å². The molecule has 94 valence electrons. The molecule has 2 N–H and O–H groups in total. The van der Waals surface area contributed by atoms with E-state index >= 15 is 0 Å². The Morgan fingerprint density at radius 3 is 2.74 bits per heavy atom. The lowest BCUT2D eigenvalue weighted by Gasteiger charge is -2.05. The largest absolute Gasteiger partial charge is 0.368 e. The van der Waals surface area contributed by atoms with Gasteiger partial charge in [0.1, 0.15) is 0 Å². The zero-order valence-electron chi connectivity index (χ0n) is 10.4. The average molecular weight is 252 g/mol. The highest BCUT2D eigenvalue weighted by atomic mass is 15.4. The molecule has 0 atom stereocenters. The van der Waals surface area contributed by atoms with Crippen LogP contribution in [0.1, 0.15) is 5.56 Å². The number of nitrogens with two attached hydrogens (primary N) is 1. The van der Waals surface area contributed by atoms with Crippen LogP contribution in [0.2, 0.25) is 0 Å². The van der Waals surface area contributed by atoms with Crippen molar-refractivity contribution < 1.29 is 0 Å². The monoisotopic (exact) mass is 252 g/mol. The second-order valence-corrected chi connectivity index (χ2v) is 4.14. The Kier molecular flexibility index (Phi) is 2.68. The van der Waals surface area contributed by atoms with E-state index in [4.69, 9.17) is 5.73 Å². The van der Waals surface area contributed by atoms with Gasteiger partial charge in [-0.05, 0) is 19.1 Å². The van der Waals surface area contributed by atoms with Gasteiger partial charge in [-0.1, -0.05) is 23.8 Å². The molecule has 6 heteroatoms. The number of nitrogens with zero attached hydrogens (tertiary/aromatic N) is 5. The van der Waals surface area contributed by atoms with Gasteiger partial charge in [0.05, 0.1) is 0 Å². The molecule has 0 fully saturated rings. The molecule has 0 saturated carbocycles. The Morgan fingerprint density at radius 1 is 1.11 bits per heavy atom. The summed E-state index contributed by atoms with van der Waals surface area (Å²) in [6, 6.07) is 9.71. The number of anilines is 1. The predicted octanol–water partition coefficient (Wildman–Crippen LogP) is 1.61. The first kappa shape index (κ1) is 11.3. The third-order valence-corrected chi connectivity index (χ3v) is 2.63. The Morgan fingerprint density at radius 2 is 2.00 bits per heavy atom. The van der Waals surface area contributed by atoms with Crippen molar-refractivity contribution in [2.75, 3.05) is 5.73 Å². The summed E-state index contributed by atoms with van der Waals surface area (Å²) in [4.78, 5) is 12.6. The molecule has 19 heavy (non-hydrogen) atoms. The summed E-state index contributed by atoms with van der Waals surface area (Å²) in [6.07, 6.45) is 3.42. The quantitative estimate of drug-likeness (QED) is 0.749. The van der Waals surface area contributed by atoms with Gasteiger partial charge in [-0.25, -0.2) is 4.68 Å². The number of benzene rings is 1. The Labute approximate surface area is 110 Å². The molecule has 2 aromatic heterocycles. The van der Waals surface area contributed by atoms with Crippen molar-refractivity contribution in [3.63, 3.8) is 0 Å². The van der Waals surface area contributed by atoms with Gasteiger partial charge in [-0.15, -0.1) is 0 Å². The molecule has 0 aliphatic carbocycles. The lowest BCUT2D eigenvalue weighted by Crippen LogP contribution is -2.08. The fourth-order valence-electron chi connectivity index (χ4n) is 1.78. The molecule has 0 unspecified atom stereocenters. The van der Waals surface area contributed by atoms with Crippen LogP contribution in [0, 0.1) is 6.92 Å². The fourth-order valence-corrected chi connectivity index (χ4v) is 1.78. The van der Waals surface area contributed by atoms with E-state index in [0.29, 0.717) is 11.8 Å². The van der Waals surface area contributed by atoms with Crippen molar-refractivity contribution in [3.8, 4) is 17.3 Å². The minimum Gasteiger partial charge on any atom is -0.368 e. The fraction of sp³-hybridized carbons (Fsp3) is 0.0769. The van der Waals surface area contributed by atoms with Crippen LogP contribution < -0.4 is 5.73 Å². The van der Waals surface area contributed by atoms with Crippen LogP contribution in [-0.2, 0) is 0 Å². The first-order valence-electron chi connectivity index (χ1n) is 5.81. The van der Waals surface area contributed by atoms with E-state index in [1.165, 1.54) is 0 Å². The van der Waals surface area contributed by atoms with Crippen molar-refractivity contribution in [3.05, 3.63) is 48.3 Å². The second-order valence-electron chi connectivity index (χ2n) is 4.14. The third-order valence-electron chi connectivity index (χ3n) is 2.63. The van der Waals surface area contributed by atoms with Crippen molar-refractivity contribution in [1.82, 2.24) is 24.7 Å². The molecule has 0 saturated heterocycles. The molecule has 2 heterocycles.